The van der Waals surface area contributed by atoms with Crippen LogP contribution in [0.25, 0.3) is 11.1 Å². The van der Waals surface area contributed by atoms with E-state index in [9.17, 15) is 9.18 Å². The first-order chi connectivity index (χ1) is 15.3. The second-order valence-electron chi connectivity index (χ2n) is 9.37. The minimum absolute atomic E-state index is 0.0636. The number of halogens is 1. The third-order valence-electron chi connectivity index (χ3n) is 5.98. The summed E-state index contributed by atoms with van der Waals surface area (Å²) in [5, 5.41) is 10.3. The minimum atomic E-state index is -1.09. The van der Waals surface area contributed by atoms with Crippen LogP contribution in [0.15, 0.2) is 35.6 Å². The van der Waals surface area contributed by atoms with Gasteiger partial charge in [-0.25, -0.2) is 4.39 Å². The third-order valence-corrected chi connectivity index (χ3v) is 5.98. The number of piperidine rings is 1. The van der Waals surface area contributed by atoms with E-state index in [1.165, 1.54) is 0 Å². The van der Waals surface area contributed by atoms with Crippen molar-refractivity contribution in [2.45, 2.75) is 45.6 Å². The Morgan fingerprint density at radius 1 is 1.38 bits per heavy atom. The third kappa shape index (κ3) is 5.42. The topological polar surface area (TPSA) is 84.5 Å². The van der Waals surface area contributed by atoms with Crippen LogP contribution in [0.4, 0.5) is 4.39 Å². The monoisotopic (exact) mass is 440 g/mol. The lowest BCUT2D eigenvalue weighted by atomic mass is 9.97. The van der Waals surface area contributed by atoms with Crippen LogP contribution in [0.5, 0.6) is 0 Å². The highest BCUT2D eigenvalue weighted by atomic mass is 19.1. The van der Waals surface area contributed by atoms with E-state index in [0.29, 0.717) is 24.6 Å². The molecule has 1 unspecified atom stereocenters. The van der Waals surface area contributed by atoms with E-state index >= 15 is 0 Å². The molecule has 0 saturated carbocycles. The lowest BCUT2D eigenvalue weighted by Crippen LogP contribution is -2.54. The van der Waals surface area contributed by atoms with Crippen molar-refractivity contribution in [3.8, 4) is 11.1 Å². The van der Waals surface area contributed by atoms with Crippen molar-refractivity contribution in [1.82, 2.24) is 25.3 Å². The summed E-state index contributed by atoms with van der Waals surface area (Å²) in [7, 11) is 1.87. The fourth-order valence-corrected chi connectivity index (χ4v) is 4.23. The standard InChI is InChI=1S/C24H33FN6O/c1-15(2)12-31-8-7-21(20(25)14-31)28-24(32)23(29-22-11-26-22)19-9-17(6-5-16(19)3)18-10-27-30(4)13-18/h5-6,9-10,13,15,20-22,26H,7-8,11-12,14H2,1-4H3,(H,28,32)/t20-,21+,22?/m0/s1. The molecule has 172 valence electrons. The molecule has 2 aliphatic rings. The summed E-state index contributed by atoms with van der Waals surface area (Å²) in [6.07, 6.45) is 3.18. The average molecular weight is 441 g/mol. The zero-order chi connectivity index (χ0) is 22.8. The fourth-order valence-electron chi connectivity index (χ4n) is 4.23. The number of aryl methyl sites for hydroxylation is 2. The molecule has 3 heterocycles. The highest BCUT2D eigenvalue weighted by molar-refractivity contribution is 6.46. The number of carbonyl (C=O) groups excluding carboxylic acids is 1. The van der Waals surface area contributed by atoms with Gasteiger partial charge >= 0.3 is 0 Å². The van der Waals surface area contributed by atoms with Crippen LogP contribution in [0.3, 0.4) is 0 Å². The first kappa shape index (κ1) is 22.6. The molecule has 32 heavy (non-hydrogen) atoms. The maximum absolute atomic E-state index is 14.9. The van der Waals surface area contributed by atoms with Crippen molar-refractivity contribution in [3.63, 3.8) is 0 Å². The summed E-state index contributed by atoms with van der Waals surface area (Å²) < 4.78 is 16.6. The quantitative estimate of drug-likeness (QED) is 0.511. The summed E-state index contributed by atoms with van der Waals surface area (Å²) in [6, 6.07) is 5.49. The molecular formula is C24H33FN6O. The maximum atomic E-state index is 14.9. The predicted molar refractivity (Wildman–Crippen MR) is 124 cm³/mol. The summed E-state index contributed by atoms with van der Waals surface area (Å²) >= 11 is 0. The Morgan fingerprint density at radius 3 is 2.78 bits per heavy atom. The van der Waals surface area contributed by atoms with Crippen molar-refractivity contribution >= 4 is 11.6 Å². The molecule has 4 rings (SSSR count). The fraction of sp³-hybridized carbons (Fsp3) is 0.542. The number of likely N-dealkylation sites (tertiary alicyclic amines) is 1. The molecule has 8 heteroatoms. The SMILES string of the molecule is Cc1ccc(-c2cnn(C)c2)cc1C(=NC1CN1)C(=O)N[C@@H]1CCN(CC(C)C)C[C@@H]1F. The van der Waals surface area contributed by atoms with Gasteiger partial charge in [0, 0.05) is 50.6 Å². The minimum Gasteiger partial charge on any atom is -0.345 e. The molecule has 2 fully saturated rings. The first-order valence-electron chi connectivity index (χ1n) is 11.4. The second kappa shape index (κ2) is 9.50. The van der Waals surface area contributed by atoms with Gasteiger partial charge in [-0.05, 0) is 36.5 Å². The van der Waals surface area contributed by atoms with Crippen molar-refractivity contribution in [1.29, 1.82) is 0 Å². The molecule has 7 nitrogen and oxygen atoms in total. The van der Waals surface area contributed by atoms with Crippen LogP contribution in [0.1, 0.15) is 31.4 Å². The first-order valence-corrected chi connectivity index (χ1v) is 11.4. The largest absolute Gasteiger partial charge is 0.345 e. The van der Waals surface area contributed by atoms with Gasteiger partial charge in [0.05, 0.1) is 12.2 Å². The summed E-state index contributed by atoms with van der Waals surface area (Å²) in [5.74, 6) is 0.184. The van der Waals surface area contributed by atoms with Gasteiger partial charge in [0.25, 0.3) is 5.91 Å². The molecular weight excluding hydrogens is 407 g/mol. The Labute approximate surface area is 189 Å². The highest BCUT2D eigenvalue weighted by Gasteiger charge is 2.32. The smallest absolute Gasteiger partial charge is 0.270 e. The number of nitrogens with one attached hydrogen (secondary N) is 2. The zero-order valence-electron chi connectivity index (χ0n) is 19.3. The number of rotatable bonds is 7. The number of hydrogen-bond acceptors (Lipinski definition) is 5. The van der Waals surface area contributed by atoms with Gasteiger partial charge in [0.15, 0.2) is 0 Å². The Balaban J connectivity index is 1.54. The molecule has 2 aliphatic heterocycles. The van der Waals surface area contributed by atoms with Crippen molar-refractivity contribution in [3.05, 3.63) is 41.7 Å². The van der Waals surface area contributed by atoms with Gasteiger partial charge in [-0.2, -0.15) is 5.10 Å². The normalized spacial score (nSPS) is 24.1. The number of alkyl halides is 1. The highest BCUT2D eigenvalue weighted by Crippen LogP contribution is 2.24. The molecule has 0 bridgehead atoms. The lowest BCUT2D eigenvalue weighted by molar-refractivity contribution is -0.116. The molecule has 3 atom stereocenters. The number of nitrogens with zero attached hydrogens (tertiary/aromatic N) is 4. The molecule has 2 saturated heterocycles. The van der Waals surface area contributed by atoms with Crippen LogP contribution < -0.4 is 10.6 Å². The van der Waals surface area contributed by atoms with Crippen molar-refractivity contribution in [2.75, 3.05) is 26.2 Å². The van der Waals surface area contributed by atoms with E-state index in [2.05, 4.69) is 39.5 Å². The summed E-state index contributed by atoms with van der Waals surface area (Å²) in [5.41, 5.74) is 4.02. The van der Waals surface area contributed by atoms with E-state index in [4.69, 9.17) is 0 Å². The van der Waals surface area contributed by atoms with Crippen LogP contribution in [0.2, 0.25) is 0 Å². The lowest BCUT2D eigenvalue weighted by Gasteiger charge is -2.35. The summed E-state index contributed by atoms with van der Waals surface area (Å²) in [4.78, 5) is 20.1. The predicted octanol–water partition coefficient (Wildman–Crippen LogP) is 2.30. The second-order valence-corrected chi connectivity index (χ2v) is 9.37. The number of amides is 1. The summed E-state index contributed by atoms with van der Waals surface area (Å²) in [6.45, 7) is 9.01. The van der Waals surface area contributed by atoms with Gasteiger partial charge < -0.3 is 10.2 Å². The van der Waals surface area contributed by atoms with Crippen LogP contribution in [0, 0.1) is 12.8 Å². The van der Waals surface area contributed by atoms with Crippen LogP contribution in [-0.2, 0) is 11.8 Å². The van der Waals surface area contributed by atoms with E-state index < -0.39 is 12.2 Å². The zero-order valence-corrected chi connectivity index (χ0v) is 19.3. The van der Waals surface area contributed by atoms with Gasteiger partial charge in [0.1, 0.15) is 18.0 Å². The molecule has 0 radical (unpaired) electrons. The van der Waals surface area contributed by atoms with E-state index in [0.717, 1.165) is 41.9 Å². The van der Waals surface area contributed by atoms with E-state index in [-0.39, 0.29) is 12.1 Å². The molecule has 1 aromatic carbocycles. The molecule has 1 amide bonds. The van der Waals surface area contributed by atoms with Gasteiger partial charge in [-0.1, -0.05) is 26.0 Å². The van der Waals surface area contributed by atoms with Crippen LogP contribution >= 0.6 is 0 Å². The molecule has 0 spiro atoms. The Hall–Kier alpha value is -2.58. The molecule has 1 aromatic heterocycles. The maximum Gasteiger partial charge on any atom is 0.270 e. The molecule has 2 aromatic rings. The number of aromatic nitrogens is 2. The van der Waals surface area contributed by atoms with Crippen molar-refractivity contribution < 1.29 is 9.18 Å². The Bertz CT molecular complexity index is 996. The van der Waals surface area contributed by atoms with Gasteiger partial charge in [-0.3, -0.25) is 19.8 Å². The average Bonchev–Trinajstić information content (AvgIpc) is 3.46. The number of carbonyl (C=O) groups is 1. The van der Waals surface area contributed by atoms with E-state index in [1.807, 2.05) is 38.4 Å². The van der Waals surface area contributed by atoms with Gasteiger partial charge in [0.2, 0.25) is 0 Å². The number of hydrogen-bond donors (Lipinski definition) is 2. The Kier molecular flexibility index (Phi) is 6.71. The number of benzene rings is 1. The molecule has 2 N–H and O–H groups in total. The number of aliphatic imine (C=N–C) groups is 1. The van der Waals surface area contributed by atoms with Crippen LogP contribution in [-0.4, -0.2) is 70.9 Å². The van der Waals surface area contributed by atoms with Crippen molar-refractivity contribution in [2.24, 2.45) is 18.0 Å². The van der Waals surface area contributed by atoms with E-state index in [1.54, 1.807) is 10.9 Å². The Morgan fingerprint density at radius 2 is 2.16 bits per heavy atom. The van der Waals surface area contributed by atoms with Gasteiger partial charge in [-0.15, -0.1) is 0 Å². The molecule has 0 aliphatic carbocycles.